The van der Waals surface area contributed by atoms with E-state index in [0.29, 0.717) is 6.42 Å². The second-order valence-electron chi connectivity index (χ2n) is 8.67. The van der Waals surface area contributed by atoms with Crippen molar-refractivity contribution < 1.29 is 23.9 Å². The SMILES string of the molecule is COC(=O)[C@H](Cc1cccnc1)NC(=O)[C@@H](CC(C)(C)C)NC(=O)OCc1ccccc1. The smallest absolute Gasteiger partial charge is 0.408 e. The number of aromatic nitrogens is 1. The van der Waals surface area contributed by atoms with Crippen LogP contribution in [-0.4, -0.2) is 42.1 Å². The van der Waals surface area contributed by atoms with Gasteiger partial charge in [-0.2, -0.15) is 0 Å². The number of carbonyl (C=O) groups is 3. The fourth-order valence-corrected chi connectivity index (χ4v) is 3.09. The molecule has 0 aliphatic rings. The number of hydrogen-bond donors (Lipinski definition) is 2. The van der Waals surface area contributed by atoms with Gasteiger partial charge < -0.3 is 20.1 Å². The zero-order valence-corrected chi connectivity index (χ0v) is 19.0. The van der Waals surface area contributed by atoms with Crippen LogP contribution >= 0.6 is 0 Å². The molecule has 0 radical (unpaired) electrons. The molecule has 0 fully saturated rings. The maximum atomic E-state index is 13.0. The summed E-state index contributed by atoms with van der Waals surface area (Å²) in [4.78, 5) is 41.7. The number of hydrogen-bond acceptors (Lipinski definition) is 6. The fourth-order valence-electron chi connectivity index (χ4n) is 3.09. The molecule has 2 amide bonds. The van der Waals surface area contributed by atoms with Crippen LogP contribution in [0.1, 0.15) is 38.3 Å². The Kier molecular flexibility index (Phi) is 9.19. The summed E-state index contributed by atoms with van der Waals surface area (Å²) < 4.78 is 10.1. The number of carbonyl (C=O) groups excluding carboxylic acids is 3. The van der Waals surface area contributed by atoms with E-state index in [1.165, 1.54) is 7.11 Å². The average Bonchev–Trinajstić information content (AvgIpc) is 2.76. The lowest BCUT2D eigenvalue weighted by Crippen LogP contribution is -2.53. The van der Waals surface area contributed by atoms with Crippen LogP contribution in [0.2, 0.25) is 0 Å². The van der Waals surface area contributed by atoms with Crippen LogP contribution in [0.15, 0.2) is 54.9 Å². The second-order valence-corrected chi connectivity index (χ2v) is 8.67. The Morgan fingerprint density at radius 1 is 0.969 bits per heavy atom. The molecule has 0 aliphatic heterocycles. The largest absolute Gasteiger partial charge is 0.467 e. The Morgan fingerprint density at radius 2 is 1.66 bits per heavy atom. The maximum absolute atomic E-state index is 13.0. The van der Waals surface area contributed by atoms with Gasteiger partial charge >= 0.3 is 12.1 Å². The molecule has 2 atom stereocenters. The van der Waals surface area contributed by atoms with E-state index in [9.17, 15) is 14.4 Å². The van der Waals surface area contributed by atoms with Gasteiger partial charge in [0.25, 0.3) is 0 Å². The third-order valence-electron chi connectivity index (χ3n) is 4.60. The first-order valence-corrected chi connectivity index (χ1v) is 10.4. The Balaban J connectivity index is 2.06. The first-order valence-electron chi connectivity index (χ1n) is 10.4. The van der Waals surface area contributed by atoms with Crippen molar-refractivity contribution in [3.8, 4) is 0 Å². The number of ether oxygens (including phenoxy) is 2. The summed E-state index contributed by atoms with van der Waals surface area (Å²) in [5.41, 5.74) is 1.34. The summed E-state index contributed by atoms with van der Waals surface area (Å²) in [7, 11) is 1.26. The predicted molar refractivity (Wildman–Crippen MR) is 120 cm³/mol. The van der Waals surface area contributed by atoms with Gasteiger partial charge in [0.1, 0.15) is 18.7 Å². The Labute approximate surface area is 188 Å². The van der Waals surface area contributed by atoms with Gasteiger partial charge in [-0.15, -0.1) is 0 Å². The summed E-state index contributed by atoms with van der Waals surface area (Å²) >= 11 is 0. The molecule has 1 heterocycles. The Hall–Kier alpha value is -3.42. The quantitative estimate of drug-likeness (QED) is 0.580. The number of alkyl carbamates (subject to hydrolysis) is 1. The minimum atomic E-state index is -0.915. The van der Waals surface area contributed by atoms with Crippen molar-refractivity contribution in [3.05, 3.63) is 66.0 Å². The molecule has 0 unspecified atom stereocenters. The third kappa shape index (κ3) is 8.75. The van der Waals surface area contributed by atoms with E-state index >= 15 is 0 Å². The Bertz CT molecular complexity index is 882. The number of methoxy groups -OCH3 is 1. The monoisotopic (exact) mass is 441 g/mol. The summed E-state index contributed by atoms with van der Waals surface area (Å²) in [6.07, 6.45) is 3.10. The Morgan fingerprint density at radius 3 is 2.25 bits per heavy atom. The highest BCUT2D eigenvalue weighted by molar-refractivity contribution is 5.89. The third-order valence-corrected chi connectivity index (χ3v) is 4.60. The van der Waals surface area contributed by atoms with Crippen LogP contribution in [-0.2, 0) is 32.1 Å². The molecular formula is C24H31N3O5. The van der Waals surface area contributed by atoms with E-state index in [-0.39, 0.29) is 18.4 Å². The lowest BCUT2D eigenvalue weighted by atomic mass is 9.87. The van der Waals surface area contributed by atoms with E-state index < -0.39 is 30.1 Å². The lowest BCUT2D eigenvalue weighted by Gasteiger charge is -2.27. The van der Waals surface area contributed by atoms with Crippen molar-refractivity contribution in [2.24, 2.45) is 5.41 Å². The van der Waals surface area contributed by atoms with E-state index in [1.54, 1.807) is 24.5 Å². The van der Waals surface area contributed by atoms with Crippen molar-refractivity contribution in [2.45, 2.75) is 52.3 Å². The van der Waals surface area contributed by atoms with Crippen LogP contribution < -0.4 is 10.6 Å². The predicted octanol–water partition coefficient (Wildman–Crippen LogP) is 3.01. The van der Waals surface area contributed by atoms with Gasteiger partial charge in [0, 0.05) is 18.8 Å². The molecule has 0 aliphatic carbocycles. The van der Waals surface area contributed by atoms with E-state index in [1.807, 2.05) is 51.1 Å². The molecule has 8 nitrogen and oxygen atoms in total. The second kappa shape index (κ2) is 11.8. The van der Waals surface area contributed by atoms with E-state index in [4.69, 9.17) is 9.47 Å². The number of esters is 1. The molecule has 2 rings (SSSR count). The molecule has 2 aromatic rings. The van der Waals surface area contributed by atoms with Crippen LogP contribution in [0.4, 0.5) is 4.79 Å². The minimum absolute atomic E-state index is 0.0856. The maximum Gasteiger partial charge on any atom is 0.408 e. The molecule has 0 bridgehead atoms. The highest BCUT2D eigenvalue weighted by Gasteiger charge is 2.31. The van der Waals surface area contributed by atoms with Crippen LogP contribution in [0.3, 0.4) is 0 Å². The summed E-state index contributed by atoms with van der Waals surface area (Å²) in [5, 5.41) is 5.34. The van der Waals surface area contributed by atoms with Gasteiger partial charge in [0.05, 0.1) is 7.11 Å². The first-order chi connectivity index (χ1) is 15.2. The van der Waals surface area contributed by atoms with Crippen LogP contribution in [0, 0.1) is 5.41 Å². The number of nitrogens with one attached hydrogen (secondary N) is 2. The molecular weight excluding hydrogens is 410 g/mol. The fraction of sp³-hybridized carbons (Fsp3) is 0.417. The van der Waals surface area contributed by atoms with E-state index in [2.05, 4.69) is 15.6 Å². The zero-order valence-electron chi connectivity index (χ0n) is 19.0. The number of amides is 2. The van der Waals surface area contributed by atoms with Crippen molar-refractivity contribution in [3.63, 3.8) is 0 Å². The molecule has 0 saturated heterocycles. The van der Waals surface area contributed by atoms with Crippen molar-refractivity contribution in [1.29, 1.82) is 0 Å². The number of pyridine rings is 1. The van der Waals surface area contributed by atoms with Gasteiger partial charge in [-0.05, 0) is 29.0 Å². The first kappa shape index (κ1) is 24.8. The van der Waals surface area contributed by atoms with Crippen molar-refractivity contribution in [2.75, 3.05) is 7.11 Å². The van der Waals surface area contributed by atoms with Gasteiger partial charge in [0.2, 0.25) is 5.91 Å². The lowest BCUT2D eigenvalue weighted by molar-refractivity contribution is -0.145. The van der Waals surface area contributed by atoms with Crippen molar-refractivity contribution >= 4 is 18.0 Å². The van der Waals surface area contributed by atoms with Gasteiger partial charge in [-0.1, -0.05) is 57.2 Å². The summed E-state index contributed by atoms with van der Waals surface area (Å²) in [6, 6.07) is 11.0. The average molecular weight is 442 g/mol. The zero-order chi connectivity index (χ0) is 23.6. The molecule has 2 N–H and O–H groups in total. The van der Waals surface area contributed by atoms with Crippen LogP contribution in [0.5, 0.6) is 0 Å². The standard InChI is InChI=1S/C24H31N3O5/c1-24(2,3)14-20(27-23(30)32-16-17-9-6-5-7-10-17)21(28)26-19(22(29)31-4)13-18-11-8-12-25-15-18/h5-12,15,19-20H,13-14,16H2,1-4H3,(H,26,28)(H,27,30)/t19-,20+/m0/s1. The summed E-state index contributed by atoms with van der Waals surface area (Å²) in [5.74, 6) is -1.07. The highest BCUT2D eigenvalue weighted by Crippen LogP contribution is 2.21. The van der Waals surface area contributed by atoms with Crippen molar-refractivity contribution in [1.82, 2.24) is 15.6 Å². The highest BCUT2D eigenvalue weighted by atomic mass is 16.5. The molecule has 172 valence electrons. The molecule has 0 spiro atoms. The number of rotatable bonds is 9. The van der Waals surface area contributed by atoms with Gasteiger partial charge in [-0.3, -0.25) is 9.78 Å². The molecule has 1 aromatic carbocycles. The number of nitrogens with zero attached hydrogens (tertiary/aromatic N) is 1. The molecule has 0 saturated carbocycles. The minimum Gasteiger partial charge on any atom is -0.467 e. The normalized spacial score (nSPS) is 12.9. The molecule has 1 aromatic heterocycles. The molecule has 8 heteroatoms. The van der Waals surface area contributed by atoms with Gasteiger partial charge in [-0.25, -0.2) is 9.59 Å². The number of benzene rings is 1. The van der Waals surface area contributed by atoms with E-state index in [0.717, 1.165) is 11.1 Å². The molecule has 32 heavy (non-hydrogen) atoms. The summed E-state index contributed by atoms with van der Waals surface area (Å²) in [6.45, 7) is 5.95. The van der Waals surface area contributed by atoms with Gasteiger partial charge in [0.15, 0.2) is 0 Å². The topological polar surface area (TPSA) is 107 Å². The van der Waals surface area contributed by atoms with Crippen LogP contribution in [0.25, 0.3) is 0 Å².